The molecule has 0 atom stereocenters. The SMILES string of the molecule is Cl.Fc1ccc2[nH]cc(C3=CCNCC3)c2c1. The van der Waals surface area contributed by atoms with Gasteiger partial charge in [0.15, 0.2) is 0 Å². The molecule has 0 saturated carbocycles. The first-order valence-corrected chi connectivity index (χ1v) is 5.51. The number of fused-ring (bicyclic) bond motifs is 1. The highest BCUT2D eigenvalue weighted by Gasteiger charge is 2.11. The van der Waals surface area contributed by atoms with E-state index in [9.17, 15) is 4.39 Å². The van der Waals surface area contributed by atoms with Crippen molar-refractivity contribution in [3.8, 4) is 0 Å². The minimum absolute atomic E-state index is 0. The quantitative estimate of drug-likeness (QED) is 0.802. The summed E-state index contributed by atoms with van der Waals surface area (Å²) in [6.45, 7) is 1.89. The second-order valence-corrected chi connectivity index (χ2v) is 4.08. The van der Waals surface area contributed by atoms with Gasteiger partial charge in [0.05, 0.1) is 0 Å². The Labute approximate surface area is 105 Å². The fourth-order valence-electron chi connectivity index (χ4n) is 2.23. The van der Waals surface area contributed by atoms with Gasteiger partial charge in [0, 0.05) is 29.2 Å². The molecule has 2 heterocycles. The van der Waals surface area contributed by atoms with Gasteiger partial charge in [-0.25, -0.2) is 4.39 Å². The number of benzene rings is 1. The van der Waals surface area contributed by atoms with Gasteiger partial charge in [0.1, 0.15) is 5.82 Å². The molecular formula is C13H14ClFN2. The molecular weight excluding hydrogens is 239 g/mol. The maximum Gasteiger partial charge on any atom is 0.123 e. The molecule has 0 aliphatic carbocycles. The van der Waals surface area contributed by atoms with Crippen LogP contribution in [0.25, 0.3) is 16.5 Å². The fraction of sp³-hybridized carbons (Fsp3) is 0.231. The molecule has 0 unspecified atom stereocenters. The van der Waals surface area contributed by atoms with Crippen molar-refractivity contribution in [3.63, 3.8) is 0 Å². The Bertz CT molecular complexity index is 560. The molecule has 2 nitrogen and oxygen atoms in total. The summed E-state index contributed by atoms with van der Waals surface area (Å²) in [4.78, 5) is 3.18. The summed E-state index contributed by atoms with van der Waals surface area (Å²) < 4.78 is 13.2. The molecule has 2 N–H and O–H groups in total. The topological polar surface area (TPSA) is 27.8 Å². The van der Waals surface area contributed by atoms with E-state index in [0.717, 1.165) is 36.0 Å². The van der Waals surface area contributed by atoms with E-state index < -0.39 is 0 Å². The van der Waals surface area contributed by atoms with E-state index in [1.54, 1.807) is 12.1 Å². The average molecular weight is 253 g/mol. The van der Waals surface area contributed by atoms with Gasteiger partial charge in [0.2, 0.25) is 0 Å². The van der Waals surface area contributed by atoms with Crippen molar-refractivity contribution in [1.82, 2.24) is 10.3 Å². The third kappa shape index (κ3) is 2.21. The van der Waals surface area contributed by atoms with Crippen LogP contribution in [0.4, 0.5) is 4.39 Å². The number of rotatable bonds is 1. The highest BCUT2D eigenvalue weighted by atomic mass is 35.5. The first-order valence-electron chi connectivity index (χ1n) is 5.51. The molecule has 0 saturated heterocycles. The summed E-state index contributed by atoms with van der Waals surface area (Å²) in [5, 5.41) is 4.26. The van der Waals surface area contributed by atoms with Gasteiger partial charge in [-0.1, -0.05) is 6.08 Å². The summed E-state index contributed by atoms with van der Waals surface area (Å²) in [6, 6.07) is 4.87. The molecule has 17 heavy (non-hydrogen) atoms. The van der Waals surface area contributed by atoms with Crippen molar-refractivity contribution in [2.45, 2.75) is 6.42 Å². The van der Waals surface area contributed by atoms with Crippen molar-refractivity contribution in [2.24, 2.45) is 0 Å². The number of nitrogens with one attached hydrogen (secondary N) is 2. The molecule has 1 aromatic carbocycles. The molecule has 0 spiro atoms. The van der Waals surface area contributed by atoms with E-state index in [1.807, 2.05) is 6.20 Å². The molecule has 90 valence electrons. The Kier molecular flexibility index (Phi) is 3.50. The van der Waals surface area contributed by atoms with Crippen LogP contribution in [0.15, 0.2) is 30.5 Å². The Balaban J connectivity index is 0.00000108. The zero-order valence-corrected chi connectivity index (χ0v) is 10.1. The largest absolute Gasteiger partial charge is 0.361 e. The van der Waals surface area contributed by atoms with Crippen LogP contribution in [0.1, 0.15) is 12.0 Å². The molecule has 1 aliphatic rings. The van der Waals surface area contributed by atoms with Gasteiger partial charge >= 0.3 is 0 Å². The predicted molar refractivity (Wildman–Crippen MR) is 71.0 cm³/mol. The third-order valence-corrected chi connectivity index (χ3v) is 3.05. The molecule has 2 aromatic rings. The lowest BCUT2D eigenvalue weighted by Crippen LogP contribution is -2.19. The Hall–Kier alpha value is -1.32. The van der Waals surface area contributed by atoms with Crippen LogP contribution in [0.2, 0.25) is 0 Å². The highest BCUT2D eigenvalue weighted by Crippen LogP contribution is 2.28. The van der Waals surface area contributed by atoms with Gasteiger partial charge in [-0.3, -0.25) is 0 Å². The predicted octanol–water partition coefficient (Wildman–Crippen LogP) is 3.11. The molecule has 1 aliphatic heterocycles. The molecule has 1 aromatic heterocycles. The number of aromatic amines is 1. The Morgan fingerprint density at radius 2 is 2.12 bits per heavy atom. The zero-order chi connectivity index (χ0) is 11.0. The van der Waals surface area contributed by atoms with Gasteiger partial charge in [-0.05, 0) is 36.7 Å². The van der Waals surface area contributed by atoms with Crippen molar-refractivity contribution in [2.75, 3.05) is 13.1 Å². The average Bonchev–Trinajstić information content (AvgIpc) is 2.73. The Morgan fingerprint density at radius 1 is 1.24 bits per heavy atom. The number of H-pyrrole nitrogens is 1. The van der Waals surface area contributed by atoms with Crippen LogP contribution < -0.4 is 5.32 Å². The third-order valence-electron chi connectivity index (χ3n) is 3.05. The summed E-state index contributed by atoms with van der Waals surface area (Å²) in [7, 11) is 0. The standard InChI is InChI=1S/C13H13FN2.ClH/c14-10-1-2-13-11(7-10)12(8-16-13)9-3-5-15-6-4-9;/h1-3,7-8,15-16H,4-6H2;1H. The number of hydrogen-bond acceptors (Lipinski definition) is 1. The van der Waals surface area contributed by atoms with Crippen molar-refractivity contribution in [1.29, 1.82) is 0 Å². The summed E-state index contributed by atoms with van der Waals surface area (Å²) in [5.41, 5.74) is 3.43. The normalized spacial score (nSPS) is 15.5. The second kappa shape index (κ2) is 4.90. The number of hydrogen-bond donors (Lipinski definition) is 2. The van der Waals surface area contributed by atoms with Gasteiger partial charge < -0.3 is 10.3 Å². The van der Waals surface area contributed by atoms with Crippen LogP contribution in [0, 0.1) is 5.82 Å². The Morgan fingerprint density at radius 3 is 2.88 bits per heavy atom. The van der Waals surface area contributed by atoms with Gasteiger partial charge in [-0.2, -0.15) is 0 Å². The summed E-state index contributed by atoms with van der Waals surface area (Å²) in [6.07, 6.45) is 5.15. The smallest absolute Gasteiger partial charge is 0.123 e. The van der Waals surface area contributed by atoms with E-state index in [0.29, 0.717) is 0 Å². The van der Waals surface area contributed by atoms with Crippen LogP contribution in [-0.2, 0) is 0 Å². The van der Waals surface area contributed by atoms with Crippen LogP contribution in [0.3, 0.4) is 0 Å². The lowest BCUT2D eigenvalue weighted by Gasteiger charge is -2.13. The molecule has 0 bridgehead atoms. The molecule has 0 amide bonds. The fourth-order valence-corrected chi connectivity index (χ4v) is 2.23. The van der Waals surface area contributed by atoms with E-state index in [-0.39, 0.29) is 18.2 Å². The molecule has 0 radical (unpaired) electrons. The van der Waals surface area contributed by atoms with Crippen molar-refractivity contribution >= 4 is 28.9 Å². The zero-order valence-electron chi connectivity index (χ0n) is 9.29. The maximum absolute atomic E-state index is 13.2. The van der Waals surface area contributed by atoms with Crippen molar-refractivity contribution < 1.29 is 4.39 Å². The van der Waals surface area contributed by atoms with E-state index in [2.05, 4.69) is 16.4 Å². The summed E-state index contributed by atoms with van der Waals surface area (Å²) in [5.74, 6) is -0.178. The van der Waals surface area contributed by atoms with Gasteiger partial charge in [0.25, 0.3) is 0 Å². The summed E-state index contributed by atoms with van der Waals surface area (Å²) >= 11 is 0. The van der Waals surface area contributed by atoms with E-state index in [4.69, 9.17) is 0 Å². The van der Waals surface area contributed by atoms with Crippen LogP contribution in [0.5, 0.6) is 0 Å². The maximum atomic E-state index is 13.2. The molecule has 4 heteroatoms. The van der Waals surface area contributed by atoms with Gasteiger partial charge in [-0.15, -0.1) is 12.4 Å². The number of halogens is 2. The van der Waals surface area contributed by atoms with Crippen molar-refractivity contribution in [3.05, 3.63) is 41.9 Å². The van der Waals surface area contributed by atoms with Crippen LogP contribution >= 0.6 is 12.4 Å². The lowest BCUT2D eigenvalue weighted by molar-refractivity contribution is 0.629. The number of aromatic nitrogens is 1. The lowest BCUT2D eigenvalue weighted by atomic mass is 10.00. The molecule has 0 fully saturated rings. The minimum Gasteiger partial charge on any atom is -0.361 e. The minimum atomic E-state index is -0.178. The molecule has 3 rings (SSSR count). The monoisotopic (exact) mass is 252 g/mol. The van der Waals surface area contributed by atoms with E-state index >= 15 is 0 Å². The van der Waals surface area contributed by atoms with Crippen LogP contribution in [-0.4, -0.2) is 18.1 Å². The highest BCUT2D eigenvalue weighted by molar-refractivity contribution is 5.92. The first-order chi connectivity index (χ1) is 7.84. The first kappa shape index (κ1) is 12.1. The second-order valence-electron chi connectivity index (χ2n) is 4.08. The van der Waals surface area contributed by atoms with E-state index in [1.165, 1.54) is 11.6 Å².